The molecule has 0 aromatic carbocycles. The van der Waals surface area contributed by atoms with E-state index >= 15 is 0 Å². The molecule has 0 saturated heterocycles. The summed E-state index contributed by atoms with van der Waals surface area (Å²) in [6.45, 7) is 0.712. The molecule has 0 radical (unpaired) electrons. The zero-order chi connectivity index (χ0) is 11.1. The molecule has 8 heteroatoms. The Morgan fingerprint density at radius 1 is 1.31 bits per heavy atom. The molecule has 0 spiro atoms. The van der Waals surface area contributed by atoms with E-state index in [1.165, 1.54) is 0 Å². The van der Waals surface area contributed by atoms with Gasteiger partial charge in [-0.05, 0) is 0 Å². The molecule has 0 amide bonds. The number of hydrogen-bond donors (Lipinski definition) is 0. The molecule has 3 nitrogen and oxygen atoms in total. The van der Waals surface area contributed by atoms with Gasteiger partial charge in [-0.15, -0.1) is 23.2 Å². The molecule has 0 aliphatic carbocycles. The molecule has 0 unspecified atom stereocenters. The van der Waals surface area contributed by atoms with Crippen molar-refractivity contribution in [3.05, 3.63) is 0 Å². The molecular weight excluding hydrogens is 236 g/mol. The summed E-state index contributed by atoms with van der Waals surface area (Å²) in [5.41, 5.74) is 0. The maximum Gasteiger partial charge on any atom is 0.491 e. The zero-order valence-corrected chi connectivity index (χ0v) is 7.83. The molecule has 0 heterocycles. The van der Waals surface area contributed by atoms with E-state index in [1.807, 2.05) is 0 Å². The monoisotopic (exact) mass is 240 g/mol. The molecule has 0 fully saturated rings. The van der Waals surface area contributed by atoms with Crippen LogP contribution in [0.3, 0.4) is 0 Å². The van der Waals surface area contributed by atoms with Crippen molar-refractivity contribution in [1.29, 1.82) is 0 Å². The first kappa shape index (κ1) is 15.0. The first-order valence-corrected chi connectivity index (χ1v) is 3.74. The van der Waals surface area contributed by atoms with Gasteiger partial charge in [-0.1, -0.05) is 0 Å². The third-order valence-corrected chi connectivity index (χ3v) is 0.468. The average molecular weight is 241 g/mol. The predicted octanol–water partition coefficient (Wildman–Crippen LogP) is 2.06. The lowest BCUT2D eigenvalue weighted by molar-refractivity contribution is -0.201. The Bertz CT molecular complexity index is 180. The fourth-order valence-corrected chi connectivity index (χ4v) is 0.188. The predicted molar refractivity (Wildman–Crippen MR) is 39.4 cm³/mol. The lowest BCUT2D eigenvalue weighted by Crippen LogP contribution is -2.26. The van der Waals surface area contributed by atoms with Crippen molar-refractivity contribution in [2.75, 3.05) is 5.34 Å². The second-order valence-electron chi connectivity index (χ2n) is 1.48. The number of rotatable bonds is 0. The van der Waals surface area contributed by atoms with Gasteiger partial charge in [0.2, 0.25) is 0 Å². The van der Waals surface area contributed by atoms with Crippen LogP contribution in [0.4, 0.5) is 13.2 Å². The Morgan fingerprint density at radius 2 is 1.62 bits per heavy atom. The van der Waals surface area contributed by atoms with Crippen LogP contribution in [0.25, 0.3) is 0 Å². The van der Waals surface area contributed by atoms with Crippen LogP contribution in [0, 0.1) is 0 Å². The fourth-order valence-electron chi connectivity index (χ4n) is 0.188. The van der Waals surface area contributed by atoms with Crippen LogP contribution < -0.4 is 0 Å². The van der Waals surface area contributed by atoms with Gasteiger partial charge in [0, 0.05) is 6.92 Å². The van der Waals surface area contributed by atoms with Crippen LogP contribution in [0.1, 0.15) is 6.92 Å². The number of esters is 2. The lowest BCUT2D eigenvalue weighted by Gasteiger charge is -2.01. The molecule has 0 N–H and O–H groups in total. The third kappa shape index (κ3) is 11.5. The first-order valence-electron chi connectivity index (χ1n) is 2.67. The van der Waals surface area contributed by atoms with E-state index in [4.69, 9.17) is 23.2 Å². The molecule has 0 aromatic rings. The molecule has 78 valence electrons. The van der Waals surface area contributed by atoms with Crippen LogP contribution in [0.15, 0.2) is 0 Å². The second-order valence-corrected chi connectivity index (χ2v) is 2.29. The summed E-state index contributed by atoms with van der Waals surface area (Å²) in [5.74, 6) is -3.76. The first-order chi connectivity index (χ1) is 5.75. The maximum absolute atomic E-state index is 11.2. The van der Waals surface area contributed by atoms with Crippen molar-refractivity contribution in [1.82, 2.24) is 0 Å². The lowest BCUT2D eigenvalue weighted by atomic mass is 10.6. The smallest absolute Gasteiger partial charge is 0.387 e. The quantitative estimate of drug-likeness (QED) is 0.370. The van der Waals surface area contributed by atoms with Crippen LogP contribution >= 0.6 is 23.2 Å². The molecule has 0 aromatic heterocycles. The highest BCUT2D eigenvalue weighted by molar-refractivity contribution is 6.40. The summed E-state index contributed by atoms with van der Waals surface area (Å²) in [6.07, 6.45) is -5.09. The Labute approximate surface area is 81.7 Å². The fraction of sp³-hybridized carbons (Fsp3) is 0.600. The number of ether oxygens (including phenoxy) is 1. The van der Waals surface area contributed by atoms with E-state index in [0.29, 0.717) is 6.92 Å². The van der Waals surface area contributed by atoms with Crippen LogP contribution in [0.5, 0.6) is 0 Å². The van der Waals surface area contributed by atoms with Gasteiger partial charge in [0.1, 0.15) is 0 Å². The minimum Gasteiger partial charge on any atom is -0.387 e. The van der Waals surface area contributed by atoms with Gasteiger partial charge in [0.25, 0.3) is 0 Å². The number of carbonyl (C=O) groups excluding carboxylic acids is 2. The minimum atomic E-state index is -5.09. The highest BCUT2D eigenvalue weighted by Crippen LogP contribution is 2.16. The van der Waals surface area contributed by atoms with E-state index in [1.54, 1.807) is 0 Å². The Morgan fingerprint density at radius 3 is 1.69 bits per heavy atom. The molecule has 0 bridgehead atoms. The van der Waals surface area contributed by atoms with Crippen LogP contribution in [-0.2, 0) is 14.3 Å². The Hall–Kier alpha value is -0.490. The van der Waals surface area contributed by atoms with Gasteiger partial charge in [-0.25, -0.2) is 4.79 Å². The van der Waals surface area contributed by atoms with Crippen molar-refractivity contribution in [3.8, 4) is 0 Å². The van der Waals surface area contributed by atoms with E-state index in [-0.39, 0.29) is 5.34 Å². The van der Waals surface area contributed by atoms with Gasteiger partial charge in [0.15, 0.2) is 0 Å². The minimum absolute atomic E-state index is 0.194. The molecule has 0 aliphatic rings. The average Bonchev–Trinajstić information content (AvgIpc) is 1.85. The van der Waals surface area contributed by atoms with Gasteiger partial charge >= 0.3 is 18.1 Å². The number of halogens is 5. The summed E-state index contributed by atoms with van der Waals surface area (Å²) in [7, 11) is 0. The molecule has 13 heavy (non-hydrogen) atoms. The third-order valence-electron chi connectivity index (χ3n) is 0.468. The summed E-state index contributed by atoms with van der Waals surface area (Å²) in [5, 5.41) is 0.194. The van der Waals surface area contributed by atoms with Crippen molar-refractivity contribution >= 4 is 35.1 Å². The molecule has 0 atom stereocenters. The van der Waals surface area contributed by atoms with Gasteiger partial charge in [-0.2, -0.15) is 13.2 Å². The van der Waals surface area contributed by atoms with E-state index in [0.717, 1.165) is 0 Å². The highest BCUT2D eigenvalue weighted by atomic mass is 35.5. The topological polar surface area (TPSA) is 43.4 Å². The van der Waals surface area contributed by atoms with E-state index in [9.17, 15) is 22.8 Å². The Kier molecular flexibility index (Phi) is 8.04. The molecule has 0 aliphatic heterocycles. The summed E-state index contributed by atoms with van der Waals surface area (Å²) < 4.78 is 36.8. The number of alkyl halides is 5. The molecular formula is C5H5Cl2F3O3. The molecule has 0 rings (SSSR count). The van der Waals surface area contributed by atoms with Crippen molar-refractivity contribution in [3.63, 3.8) is 0 Å². The van der Waals surface area contributed by atoms with Gasteiger partial charge < -0.3 is 4.74 Å². The standard InChI is InChI=1S/C4H3F3O3.CH2Cl2/c1-2(8)10-3(9)4(5,6)7;2-1-3/h1H3;1H2. The van der Waals surface area contributed by atoms with Gasteiger partial charge in [0.05, 0.1) is 5.34 Å². The Balaban J connectivity index is 0. The van der Waals surface area contributed by atoms with Crippen molar-refractivity contribution in [2.24, 2.45) is 0 Å². The maximum atomic E-state index is 11.2. The summed E-state index contributed by atoms with van der Waals surface area (Å²) in [6, 6.07) is 0. The second kappa shape index (κ2) is 6.97. The summed E-state index contributed by atoms with van der Waals surface area (Å²) in [4.78, 5) is 19.5. The zero-order valence-electron chi connectivity index (χ0n) is 6.32. The summed E-state index contributed by atoms with van der Waals surface area (Å²) >= 11 is 9.53. The SMILES string of the molecule is CC(=O)OC(=O)C(F)(F)F.ClCCl. The largest absolute Gasteiger partial charge is 0.491 e. The van der Waals surface area contributed by atoms with Crippen molar-refractivity contribution < 1.29 is 27.5 Å². The van der Waals surface area contributed by atoms with Gasteiger partial charge in [-0.3, -0.25) is 4.79 Å². The normalized spacial score (nSPS) is 9.69. The highest BCUT2D eigenvalue weighted by Gasteiger charge is 2.41. The van der Waals surface area contributed by atoms with Crippen molar-refractivity contribution in [2.45, 2.75) is 13.1 Å². The van der Waals surface area contributed by atoms with Crippen LogP contribution in [-0.4, -0.2) is 23.5 Å². The van der Waals surface area contributed by atoms with E-state index in [2.05, 4.69) is 4.74 Å². The van der Waals surface area contributed by atoms with E-state index < -0.39 is 18.1 Å². The number of hydrogen-bond acceptors (Lipinski definition) is 3. The van der Waals surface area contributed by atoms with Crippen LogP contribution in [0.2, 0.25) is 0 Å². The number of carbonyl (C=O) groups is 2. The molecule has 0 saturated carbocycles.